The van der Waals surface area contributed by atoms with Crippen molar-refractivity contribution in [2.24, 2.45) is 0 Å². The number of nitrogens with zero attached hydrogens (tertiary/aromatic N) is 2. The summed E-state index contributed by atoms with van der Waals surface area (Å²) in [5, 5.41) is 0. The van der Waals surface area contributed by atoms with E-state index < -0.39 is 28.9 Å². The normalized spacial score (nSPS) is 16.9. The van der Waals surface area contributed by atoms with Gasteiger partial charge in [-0.2, -0.15) is 0 Å². The molecule has 2 rings (SSSR count). The summed E-state index contributed by atoms with van der Waals surface area (Å²) in [4.78, 5) is 17.1. The first kappa shape index (κ1) is 19.0. The SMILES string of the molecule is [C-]#[N+]C1(c2c(F)cc(OC)cc2F)CCN(C(=O)OC(C)(C)C)CC1. The summed E-state index contributed by atoms with van der Waals surface area (Å²) >= 11 is 0. The Morgan fingerprint density at radius 1 is 1.24 bits per heavy atom. The minimum Gasteiger partial charge on any atom is -0.497 e. The third kappa shape index (κ3) is 4.01. The third-order valence-corrected chi connectivity index (χ3v) is 4.17. The topological polar surface area (TPSA) is 43.1 Å². The average Bonchev–Trinajstić information content (AvgIpc) is 2.52. The van der Waals surface area contributed by atoms with Crippen molar-refractivity contribution in [3.63, 3.8) is 0 Å². The van der Waals surface area contributed by atoms with Crippen molar-refractivity contribution in [2.75, 3.05) is 20.2 Å². The molecule has 1 aromatic carbocycles. The van der Waals surface area contributed by atoms with Gasteiger partial charge in [0.2, 0.25) is 0 Å². The number of piperidine rings is 1. The molecule has 0 saturated carbocycles. The molecule has 1 fully saturated rings. The molecule has 0 spiro atoms. The van der Waals surface area contributed by atoms with Gasteiger partial charge in [0.25, 0.3) is 5.54 Å². The average molecular weight is 352 g/mol. The minimum atomic E-state index is -1.33. The van der Waals surface area contributed by atoms with Gasteiger partial charge >= 0.3 is 6.09 Å². The van der Waals surface area contributed by atoms with Crippen LogP contribution in [0.25, 0.3) is 4.85 Å². The summed E-state index contributed by atoms with van der Waals surface area (Å²) in [6, 6.07) is 2.15. The molecule has 0 N–H and O–H groups in total. The van der Waals surface area contributed by atoms with Gasteiger partial charge in [0.1, 0.15) is 28.5 Å². The number of ether oxygens (including phenoxy) is 2. The highest BCUT2D eigenvalue weighted by molar-refractivity contribution is 5.68. The summed E-state index contributed by atoms with van der Waals surface area (Å²) in [5.74, 6) is -1.55. The molecule has 1 aliphatic rings. The van der Waals surface area contributed by atoms with Gasteiger partial charge in [-0.15, -0.1) is 0 Å². The largest absolute Gasteiger partial charge is 0.497 e. The van der Waals surface area contributed by atoms with E-state index in [1.165, 1.54) is 12.0 Å². The number of hydrogen-bond acceptors (Lipinski definition) is 3. The second-order valence-corrected chi connectivity index (χ2v) is 7.08. The van der Waals surface area contributed by atoms with Gasteiger partial charge in [-0.05, 0) is 20.8 Å². The molecule has 7 heteroatoms. The van der Waals surface area contributed by atoms with Crippen LogP contribution in [0.2, 0.25) is 0 Å². The molecule has 0 radical (unpaired) electrons. The predicted molar refractivity (Wildman–Crippen MR) is 88.2 cm³/mol. The van der Waals surface area contributed by atoms with Crippen LogP contribution in [0.4, 0.5) is 13.6 Å². The van der Waals surface area contributed by atoms with Crippen LogP contribution in [0, 0.1) is 18.2 Å². The lowest BCUT2D eigenvalue weighted by Gasteiger charge is -2.35. The zero-order valence-corrected chi connectivity index (χ0v) is 14.9. The lowest BCUT2D eigenvalue weighted by molar-refractivity contribution is 0.0180. The molecule has 136 valence electrons. The zero-order valence-electron chi connectivity index (χ0n) is 14.9. The van der Waals surface area contributed by atoms with E-state index in [-0.39, 0.29) is 37.2 Å². The lowest BCUT2D eigenvalue weighted by Crippen LogP contribution is -2.46. The molecule has 0 aromatic heterocycles. The van der Waals surface area contributed by atoms with Crippen molar-refractivity contribution in [3.05, 3.63) is 40.7 Å². The summed E-state index contributed by atoms with van der Waals surface area (Å²) in [6.45, 7) is 13.2. The molecule has 1 aliphatic heterocycles. The van der Waals surface area contributed by atoms with Crippen LogP contribution in [0.3, 0.4) is 0 Å². The van der Waals surface area contributed by atoms with Crippen LogP contribution in [0.15, 0.2) is 12.1 Å². The van der Waals surface area contributed by atoms with E-state index in [4.69, 9.17) is 16.0 Å². The van der Waals surface area contributed by atoms with Crippen molar-refractivity contribution in [3.8, 4) is 5.75 Å². The van der Waals surface area contributed by atoms with Crippen LogP contribution < -0.4 is 4.74 Å². The molecule has 1 amide bonds. The van der Waals surface area contributed by atoms with Crippen LogP contribution in [0.1, 0.15) is 39.2 Å². The van der Waals surface area contributed by atoms with Gasteiger partial charge in [-0.1, -0.05) is 0 Å². The molecule has 0 atom stereocenters. The van der Waals surface area contributed by atoms with Gasteiger partial charge in [0, 0.05) is 38.1 Å². The zero-order chi connectivity index (χ0) is 18.8. The number of methoxy groups -OCH3 is 1. The van der Waals surface area contributed by atoms with Crippen LogP contribution in [-0.4, -0.2) is 36.8 Å². The number of amides is 1. The van der Waals surface area contributed by atoms with E-state index in [0.717, 1.165) is 12.1 Å². The Balaban J connectivity index is 2.23. The summed E-state index contributed by atoms with van der Waals surface area (Å²) in [6.07, 6.45) is -0.215. The fraction of sp³-hybridized carbons (Fsp3) is 0.556. The predicted octanol–water partition coefficient (Wildman–Crippen LogP) is 4.12. The Morgan fingerprint density at radius 3 is 2.16 bits per heavy atom. The monoisotopic (exact) mass is 352 g/mol. The van der Waals surface area contributed by atoms with E-state index in [1.54, 1.807) is 20.8 Å². The molecular weight excluding hydrogens is 330 g/mol. The Bertz CT molecular complexity index is 676. The molecule has 25 heavy (non-hydrogen) atoms. The molecule has 5 nitrogen and oxygen atoms in total. The van der Waals surface area contributed by atoms with Gasteiger partial charge in [0.05, 0.1) is 7.11 Å². The standard InChI is InChI=1S/C18H22F2N2O3/c1-17(2,3)25-16(23)22-8-6-18(21-4,7-9-22)15-13(19)10-12(24-5)11-14(15)20/h10-11H,6-9H2,1-3,5H3. The second kappa shape index (κ2) is 6.87. The van der Waals surface area contributed by atoms with Crippen molar-refractivity contribution in [1.29, 1.82) is 0 Å². The molecular formula is C18H22F2N2O3. The number of carbonyl (C=O) groups excluding carboxylic acids is 1. The first-order valence-electron chi connectivity index (χ1n) is 8.02. The second-order valence-electron chi connectivity index (χ2n) is 7.08. The number of rotatable bonds is 2. The van der Waals surface area contributed by atoms with Crippen LogP contribution in [-0.2, 0) is 10.3 Å². The molecule has 1 aromatic rings. The van der Waals surface area contributed by atoms with Gasteiger partial charge in [0.15, 0.2) is 0 Å². The van der Waals surface area contributed by atoms with E-state index in [0.29, 0.717) is 0 Å². The van der Waals surface area contributed by atoms with E-state index >= 15 is 0 Å². The van der Waals surface area contributed by atoms with Crippen molar-refractivity contribution >= 4 is 6.09 Å². The number of benzene rings is 1. The highest BCUT2D eigenvalue weighted by atomic mass is 19.1. The quantitative estimate of drug-likeness (QED) is 0.752. The Hall–Kier alpha value is -2.36. The number of hydrogen-bond donors (Lipinski definition) is 0. The van der Waals surface area contributed by atoms with E-state index in [2.05, 4.69) is 4.85 Å². The highest BCUT2D eigenvalue weighted by Crippen LogP contribution is 2.41. The molecule has 0 bridgehead atoms. The summed E-state index contributed by atoms with van der Waals surface area (Å²) in [5.41, 5.74) is -2.22. The first-order chi connectivity index (χ1) is 11.6. The first-order valence-corrected chi connectivity index (χ1v) is 8.02. The minimum absolute atomic E-state index is 0.0603. The molecule has 0 unspecified atom stereocenters. The van der Waals surface area contributed by atoms with Gasteiger partial charge < -0.3 is 19.2 Å². The number of carbonyl (C=O) groups is 1. The van der Waals surface area contributed by atoms with Crippen molar-refractivity contribution in [2.45, 2.75) is 44.8 Å². The molecule has 1 heterocycles. The Labute approximate surface area is 146 Å². The smallest absolute Gasteiger partial charge is 0.410 e. The van der Waals surface area contributed by atoms with Gasteiger partial charge in [-0.25, -0.2) is 20.1 Å². The maximum absolute atomic E-state index is 14.4. The van der Waals surface area contributed by atoms with Crippen molar-refractivity contribution in [1.82, 2.24) is 4.90 Å². The maximum Gasteiger partial charge on any atom is 0.410 e. The number of likely N-dealkylation sites (tertiary alicyclic amines) is 1. The molecule has 0 aliphatic carbocycles. The maximum atomic E-state index is 14.4. The summed E-state index contributed by atoms with van der Waals surface area (Å²) < 4.78 is 39.0. The lowest BCUT2D eigenvalue weighted by atomic mass is 9.81. The fourth-order valence-electron chi connectivity index (χ4n) is 2.92. The summed E-state index contributed by atoms with van der Waals surface area (Å²) in [7, 11) is 1.32. The fourth-order valence-corrected chi connectivity index (χ4v) is 2.92. The Morgan fingerprint density at radius 2 is 1.76 bits per heavy atom. The Kier molecular flexibility index (Phi) is 5.21. The highest BCUT2D eigenvalue weighted by Gasteiger charge is 2.48. The third-order valence-electron chi connectivity index (χ3n) is 4.17. The van der Waals surface area contributed by atoms with Crippen LogP contribution in [0.5, 0.6) is 5.75 Å². The van der Waals surface area contributed by atoms with Crippen molar-refractivity contribution < 1.29 is 23.0 Å². The van der Waals surface area contributed by atoms with Crippen LogP contribution >= 0.6 is 0 Å². The van der Waals surface area contributed by atoms with Gasteiger partial charge in [-0.3, -0.25) is 0 Å². The molecule has 1 saturated heterocycles. The van der Waals surface area contributed by atoms with E-state index in [9.17, 15) is 13.6 Å². The van der Waals surface area contributed by atoms with E-state index in [1.807, 2.05) is 0 Å². The number of halogens is 2.